The van der Waals surface area contributed by atoms with Crippen molar-refractivity contribution in [1.29, 1.82) is 0 Å². The summed E-state index contributed by atoms with van der Waals surface area (Å²) >= 11 is 0. The van der Waals surface area contributed by atoms with Gasteiger partial charge in [0.15, 0.2) is 0 Å². The molecule has 0 spiro atoms. The lowest BCUT2D eigenvalue weighted by Gasteiger charge is -2.29. The molecule has 1 atom stereocenters. The van der Waals surface area contributed by atoms with Crippen LogP contribution in [0, 0.1) is 0 Å². The quantitative estimate of drug-likeness (QED) is 0.318. The summed E-state index contributed by atoms with van der Waals surface area (Å²) < 4.78 is 0. The van der Waals surface area contributed by atoms with Crippen molar-refractivity contribution in [2.45, 2.75) is 19.3 Å². The van der Waals surface area contributed by atoms with Crippen LogP contribution < -0.4 is 0 Å². The predicted octanol–water partition coefficient (Wildman–Crippen LogP) is 2.90. The third-order valence-corrected chi connectivity index (χ3v) is 2.76. The Morgan fingerprint density at radius 1 is 1.60 bits per heavy atom. The molecule has 0 fully saturated rings. The average molecular weight is 201 g/mol. The molecule has 0 heterocycles. The Labute approximate surface area is 90.3 Å². The van der Waals surface area contributed by atoms with Crippen molar-refractivity contribution in [2.75, 3.05) is 6.61 Å². The summed E-state index contributed by atoms with van der Waals surface area (Å²) in [5.41, 5.74) is 3.87. The summed E-state index contributed by atoms with van der Waals surface area (Å²) in [4.78, 5) is 5.09. The fourth-order valence-electron chi connectivity index (χ4n) is 1.89. The van der Waals surface area contributed by atoms with Crippen molar-refractivity contribution < 1.29 is 4.84 Å². The van der Waals surface area contributed by atoms with E-state index in [2.05, 4.69) is 36.0 Å². The van der Waals surface area contributed by atoms with Crippen LogP contribution in [0.25, 0.3) is 0 Å². The third-order valence-electron chi connectivity index (χ3n) is 2.76. The molecule has 0 saturated heterocycles. The van der Waals surface area contributed by atoms with Gasteiger partial charge in [-0.1, -0.05) is 42.1 Å². The second-order valence-electron chi connectivity index (χ2n) is 3.77. The molecule has 0 amide bonds. The van der Waals surface area contributed by atoms with E-state index < -0.39 is 0 Å². The molecule has 1 aromatic rings. The Morgan fingerprint density at radius 2 is 2.40 bits per heavy atom. The Balaban J connectivity index is 2.03. The van der Waals surface area contributed by atoms with Crippen LogP contribution in [0.3, 0.4) is 0 Å². The van der Waals surface area contributed by atoms with Crippen LogP contribution in [-0.4, -0.2) is 12.3 Å². The number of hydrogen-bond acceptors (Lipinski definition) is 2. The van der Waals surface area contributed by atoms with Crippen molar-refractivity contribution in [3.05, 3.63) is 48.0 Å². The molecule has 1 aliphatic carbocycles. The monoisotopic (exact) mass is 201 g/mol. The lowest BCUT2D eigenvalue weighted by atomic mass is 9.75. The summed E-state index contributed by atoms with van der Waals surface area (Å²) in [5.74, 6) is 0.450. The molecular weight excluding hydrogens is 186 g/mol. The van der Waals surface area contributed by atoms with E-state index in [0.717, 1.165) is 12.1 Å². The molecular formula is C13H15NO. The highest BCUT2D eigenvalue weighted by Crippen LogP contribution is 2.35. The first kappa shape index (κ1) is 9.97. The Morgan fingerprint density at radius 3 is 3.13 bits per heavy atom. The SMILES string of the molecule is C=CCO/N=C(/C)[C@H]1Cc2ccccc21. The topological polar surface area (TPSA) is 21.6 Å². The molecule has 0 saturated carbocycles. The van der Waals surface area contributed by atoms with Crippen LogP contribution >= 0.6 is 0 Å². The van der Waals surface area contributed by atoms with Crippen LogP contribution in [-0.2, 0) is 11.3 Å². The molecule has 0 radical (unpaired) electrons. The lowest BCUT2D eigenvalue weighted by Crippen LogP contribution is -2.23. The van der Waals surface area contributed by atoms with Gasteiger partial charge in [0.2, 0.25) is 0 Å². The number of nitrogens with zero attached hydrogens (tertiary/aromatic N) is 1. The third kappa shape index (κ3) is 1.94. The maximum absolute atomic E-state index is 5.09. The first-order chi connectivity index (χ1) is 7.33. The number of fused-ring (bicyclic) bond motifs is 1. The van der Waals surface area contributed by atoms with E-state index in [1.807, 2.05) is 6.92 Å². The van der Waals surface area contributed by atoms with Gasteiger partial charge in [0.25, 0.3) is 0 Å². The zero-order valence-electron chi connectivity index (χ0n) is 8.94. The highest BCUT2D eigenvalue weighted by molar-refractivity contribution is 5.91. The van der Waals surface area contributed by atoms with Gasteiger partial charge in [-0.3, -0.25) is 0 Å². The summed E-state index contributed by atoms with van der Waals surface area (Å²) in [6.45, 7) is 6.07. The first-order valence-corrected chi connectivity index (χ1v) is 5.18. The standard InChI is InChI=1S/C13H15NO/c1-3-8-15-14-10(2)13-9-11-6-4-5-7-12(11)13/h3-7,13H,1,8-9H2,2H3/b14-10-/t13-/m1/s1. The molecule has 0 bridgehead atoms. The van der Waals surface area contributed by atoms with Gasteiger partial charge in [-0.15, -0.1) is 0 Å². The summed E-state index contributed by atoms with van der Waals surface area (Å²) in [5, 5.41) is 4.08. The minimum Gasteiger partial charge on any atom is -0.392 e. The van der Waals surface area contributed by atoms with Gasteiger partial charge in [-0.05, 0) is 24.5 Å². The summed E-state index contributed by atoms with van der Waals surface area (Å²) in [6.07, 6.45) is 2.79. The van der Waals surface area contributed by atoms with Gasteiger partial charge in [-0.2, -0.15) is 0 Å². The van der Waals surface area contributed by atoms with Crippen molar-refractivity contribution in [3.63, 3.8) is 0 Å². The molecule has 1 aliphatic rings. The van der Waals surface area contributed by atoms with Gasteiger partial charge in [0.05, 0.1) is 5.71 Å². The fourth-order valence-corrected chi connectivity index (χ4v) is 1.89. The molecule has 1 aromatic carbocycles. The van der Waals surface area contributed by atoms with E-state index in [9.17, 15) is 0 Å². The van der Waals surface area contributed by atoms with E-state index in [1.54, 1.807) is 6.08 Å². The second kappa shape index (κ2) is 4.30. The summed E-state index contributed by atoms with van der Waals surface area (Å²) in [7, 11) is 0. The van der Waals surface area contributed by atoms with Crippen molar-refractivity contribution in [3.8, 4) is 0 Å². The van der Waals surface area contributed by atoms with Gasteiger partial charge in [0, 0.05) is 5.92 Å². The molecule has 78 valence electrons. The minimum atomic E-state index is 0.450. The predicted molar refractivity (Wildman–Crippen MR) is 62.1 cm³/mol. The van der Waals surface area contributed by atoms with E-state index in [-0.39, 0.29) is 0 Å². The molecule has 2 nitrogen and oxygen atoms in total. The van der Waals surface area contributed by atoms with Crippen molar-refractivity contribution in [2.24, 2.45) is 5.16 Å². The molecule has 2 heteroatoms. The number of rotatable bonds is 4. The van der Waals surface area contributed by atoms with E-state index in [4.69, 9.17) is 4.84 Å². The molecule has 0 aliphatic heterocycles. The Bertz CT molecular complexity index is 395. The Hall–Kier alpha value is -1.57. The van der Waals surface area contributed by atoms with E-state index in [1.165, 1.54) is 11.1 Å². The number of oxime groups is 1. The van der Waals surface area contributed by atoms with Gasteiger partial charge < -0.3 is 4.84 Å². The smallest absolute Gasteiger partial charge is 0.135 e. The normalized spacial score (nSPS) is 19.0. The zero-order valence-corrected chi connectivity index (χ0v) is 8.94. The largest absolute Gasteiger partial charge is 0.392 e. The van der Waals surface area contributed by atoms with E-state index in [0.29, 0.717) is 12.5 Å². The summed E-state index contributed by atoms with van der Waals surface area (Å²) in [6, 6.07) is 8.48. The maximum atomic E-state index is 5.09. The molecule has 15 heavy (non-hydrogen) atoms. The highest BCUT2D eigenvalue weighted by Gasteiger charge is 2.27. The van der Waals surface area contributed by atoms with Crippen LogP contribution in [0.5, 0.6) is 0 Å². The van der Waals surface area contributed by atoms with Crippen molar-refractivity contribution in [1.82, 2.24) is 0 Å². The van der Waals surface area contributed by atoms with Gasteiger partial charge in [0.1, 0.15) is 6.61 Å². The van der Waals surface area contributed by atoms with Crippen molar-refractivity contribution >= 4 is 5.71 Å². The number of hydrogen-bond donors (Lipinski definition) is 0. The number of benzene rings is 1. The minimum absolute atomic E-state index is 0.450. The lowest BCUT2D eigenvalue weighted by molar-refractivity contribution is 0.173. The molecule has 0 unspecified atom stereocenters. The first-order valence-electron chi connectivity index (χ1n) is 5.18. The Kier molecular flexibility index (Phi) is 2.86. The van der Waals surface area contributed by atoms with Crippen LogP contribution in [0.4, 0.5) is 0 Å². The van der Waals surface area contributed by atoms with Crippen LogP contribution in [0.2, 0.25) is 0 Å². The van der Waals surface area contributed by atoms with Gasteiger partial charge in [-0.25, -0.2) is 0 Å². The molecule has 0 N–H and O–H groups in total. The maximum Gasteiger partial charge on any atom is 0.135 e. The highest BCUT2D eigenvalue weighted by atomic mass is 16.6. The molecule has 0 aromatic heterocycles. The molecule has 2 rings (SSSR count). The van der Waals surface area contributed by atoms with Crippen LogP contribution in [0.15, 0.2) is 42.1 Å². The second-order valence-corrected chi connectivity index (χ2v) is 3.77. The average Bonchev–Trinajstić information content (AvgIpc) is 2.20. The van der Waals surface area contributed by atoms with Gasteiger partial charge >= 0.3 is 0 Å². The van der Waals surface area contributed by atoms with E-state index >= 15 is 0 Å². The fraction of sp³-hybridized carbons (Fsp3) is 0.308. The zero-order chi connectivity index (χ0) is 10.7. The van der Waals surface area contributed by atoms with Crippen LogP contribution in [0.1, 0.15) is 24.0 Å².